The van der Waals surface area contributed by atoms with Gasteiger partial charge in [-0.05, 0) is 63.5 Å². The van der Waals surface area contributed by atoms with E-state index in [0.717, 1.165) is 44.7 Å². The van der Waals surface area contributed by atoms with E-state index in [1.807, 2.05) is 4.90 Å². The largest absolute Gasteiger partial charge is 0.341 e. The molecule has 0 aromatic heterocycles. The Balaban J connectivity index is 1.49. The van der Waals surface area contributed by atoms with Crippen LogP contribution in [0.4, 0.5) is 0 Å². The molecule has 0 radical (unpaired) electrons. The molecule has 2 saturated heterocycles. The molecule has 3 fully saturated rings. The Morgan fingerprint density at radius 1 is 1.19 bits per heavy atom. The monoisotopic (exact) mass is 289 g/mol. The van der Waals surface area contributed by atoms with E-state index in [0.29, 0.717) is 5.92 Å². The summed E-state index contributed by atoms with van der Waals surface area (Å²) in [5.74, 6) is 1.38. The molecule has 21 heavy (non-hydrogen) atoms. The number of carbonyl (C=O) groups is 1. The summed E-state index contributed by atoms with van der Waals surface area (Å²) in [6, 6.07) is 2.31. The van der Waals surface area contributed by atoms with Crippen LogP contribution in [0.1, 0.15) is 45.4 Å². The summed E-state index contributed by atoms with van der Waals surface area (Å²) in [6.45, 7) is 7.57. The minimum atomic E-state index is -0.679. The van der Waals surface area contributed by atoms with Gasteiger partial charge in [-0.25, -0.2) is 0 Å². The zero-order chi connectivity index (χ0) is 14.9. The second-order valence-electron chi connectivity index (χ2n) is 7.45. The first-order valence-electron chi connectivity index (χ1n) is 8.56. The predicted molar refractivity (Wildman–Crippen MR) is 81.4 cm³/mol. The lowest BCUT2D eigenvalue weighted by Gasteiger charge is -2.44. The number of hydrogen-bond donors (Lipinski definition) is 0. The highest BCUT2D eigenvalue weighted by Gasteiger charge is 2.51. The van der Waals surface area contributed by atoms with Crippen molar-refractivity contribution < 1.29 is 4.79 Å². The maximum Gasteiger partial charge on any atom is 0.243 e. The van der Waals surface area contributed by atoms with Gasteiger partial charge in [-0.2, -0.15) is 5.26 Å². The first kappa shape index (κ1) is 14.8. The number of carbonyl (C=O) groups excluding carboxylic acids is 1. The number of nitrogens with zero attached hydrogens (tertiary/aromatic N) is 3. The second-order valence-corrected chi connectivity index (χ2v) is 7.45. The third-order valence-electron chi connectivity index (χ3n) is 5.63. The molecule has 0 aromatic carbocycles. The molecule has 0 atom stereocenters. The number of rotatable bonds is 3. The SMILES string of the molecule is CC1CC(C#N)(C(=O)N2CCC(CN3CCCC3)CC2)C1. The molecule has 0 unspecified atom stereocenters. The standard InChI is InChI=1S/C17H27N3O/c1-14-10-17(11-14,13-18)16(21)20-8-4-15(5-9-20)12-19-6-2-3-7-19/h14-15H,2-12H2,1H3. The average Bonchev–Trinajstić information content (AvgIpc) is 2.97. The summed E-state index contributed by atoms with van der Waals surface area (Å²) in [6.07, 6.45) is 6.44. The molecule has 2 heterocycles. The summed E-state index contributed by atoms with van der Waals surface area (Å²) in [4.78, 5) is 17.2. The molecule has 2 aliphatic heterocycles. The lowest BCUT2D eigenvalue weighted by atomic mass is 9.62. The van der Waals surface area contributed by atoms with Crippen molar-refractivity contribution in [1.29, 1.82) is 5.26 Å². The van der Waals surface area contributed by atoms with Gasteiger partial charge in [0.25, 0.3) is 0 Å². The summed E-state index contributed by atoms with van der Waals surface area (Å²) in [7, 11) is 0. The van der Waals surface area contributed by atoms with Gasteiger partial charge in [0.15, 0.2) is 0 Å². The fraction of sp³-hybridized carbons (Fsp3) is 0.882. The molecule has 0 N–H and O–H groups in total. The normalized spacial score (nSPS) is 34.5. The Labute approximate surface area is 128 Å². The molecule has 4 heteroatoms. The van der Waals surface area contributed by atoms with Gasteiger partial charge in [0, 0.05) is 19.6 Å². The highest BCUT2D eigenvalue weighted by atomic mass is 16.2. The van der Waals surface area contributed by atoms with Crippen molar-refractivity contribution >= 4 is 5.91 Å². The van der Waals surface area contributed by atoms with Crippen LogP contribution in [0.2, 0.25) is 0 Å². The Hall–Kier alpha value is -1.08. The molecule has 1 aliphatic carbocycles. The number of hydrogen-bond acceptors (Lipinski definition) is 3. The van der Waals surface area contributed by atoms with Gasteiger partial charge in [0.05, 0.1) is 6.07 Å². The van der Waals surface area contributed by atoms with Gasteiger partial charge in [0.2, 0.25) is 5.91 Å². The molecule has 116 valence electrons. The highest BCUT2D eigenvalue weighted by molar-refractivity contribution is 5.86. The van der Waals surface area contributed by atoms with Crippen molar-refractivity contribution in [1.82, 2.24) is 9.80 Å². The van der Waals surface area contributed by atoms with Gasteiger partial charge in [-0.1, -0.05) is 6.92 Å². The van der Waals surface area contributed by atoms with E-state index >= 15 is 0 Å². The Kier molecular flexibility index (Phi) is 4.21. The smallest absolute Gasteiger partial charge is 0.243 e. The molecule has 0 bridgehead atoms. The van der Waals surface area contributed by atoms with E-state index in [9.17, 15) is 10.1 Å². The van der Waals surface area contributed by atoms with Crippen LogP contribution in [0.3, 0.4) is 0 Å². The van der Waals surface area contributed by atoms with Gasteiger partial charge in [0.1, 0.15) is 5.41 Å². The molecule has 1 saturated carbocycles. The van der Waals surface area contributed by atoms with Crippen molar-refractivity contribution in [3.63, 3.8) is 0 Å². The highest BCUT2D eigenvalue weighted by Crippen LogP contribution is 2.46. The molecule has 0 spiro atoms. The van der Waals surface area contributed by atoms with Crippen LogP contribution in [0, 0.1) is 28.6 Å². The second kappa shape index (κ2) is 5.96. The third-order valence-corrected chi connectivity index (χ3v) is 5.63. The van der Waals surface area contributed by atoms with E-state index < -0.39 is 5.41 Å². The predicted octanol–water partition coefficient (Wildman–Crippen LogP) is 2.26. The van der Waals surface area contributed by atoms with Crippen LogP contribution in [0.15, 0.2) is 0 Å². The van der Waals surface area contributed by atoms with Crippen molar-refractivity contribution in [3.8, 4) is 6.07 Å². The Bertz CT molecular complexity index is 422. The maximum atomic E-state index is 12.6. The summed E-state index contributed by atoms with van der Waals surface area (Å²) in [5, 5.41) is 9.39. The number of nitriles is 1. The first-order valence-corrected chi connectivity index (χ1v) is 8.56. The number of likely N-dealkylation sites (tertiary alicyclic amines) is 2. The minimum absolute atomic E-state index is 0.114. The third kappa shape index (κ3) is 2.94. The number of piperidine rings is 1. The van der Waals surface area contributed by atoms with Crippen LogP contribution >= 0.6 is 0 Å². The quantitative estimate of drug-likeness (QED) is 0.800. The van der Waals surface area contributed by atoms with Gasteiger partial charge in [-0.15, -0.1) is 0 Å². The van der Waals surface area contributed by atoms with Crippen molar-refractivity contribution in [3.05, 3.63) is 0 Å². The number of amides is 1. The maximum absolute atomic E-state index is 12.6. The minimum Gasteiger partial charge on any atom is -0.341 e. The molecule has 3 aliphatic rings. The van der Waals surface area contributed by atoms with Crippen LogP contribution in [-0.2, 0) is 4.79 Å². The average molecular weight is 289 g/mol. The zero-order valence-corrected chi connectivity index (χ0v) is 13.2. The fourth-order valence-corrected chi connectivity index (χ4v) is 4.40. The molecular weight excluding hydrogens is 262 g/mol. The van der Waals surface area contributed by atoms with E-state index in [-0.39, 0.29) is 5.91 Å². The van der Waals surface area contributed by atoms with Gasteiger partial charge in [-0.3, -0.25) is 4.79 Å². The van der Waals surface area contributed by atoms with Gasteiger partial charge < -0.3 is 9.80 Å². The summed E-state index contributed by atoms with van der Waals surface area (Å²) in [5.41, 5.74) is -0.679. The molecule has 1 amide bonds. The topological polar surface area (TPSA) is 47.3 Å². The van der Waals surface area contributed by atoms with E-state index in [2.05, 4.69) is 17.9 Å². The molecular formula is C17H27N3O. The fourth-order valence-electron chi connectivity index (χ4n) is 4.40. The van der Waals surface area contributed by atoms with Crippen molar-refractivity contribution in [2.45, 2.75) is 45.4 Å². The zero-order valence-electron chi connectivity index (χ0n) is 13.2. The Morgan fingerprint density at radius 3 is 2.33 bits per heavy atom. The molecule has 4 nitrogen and oxygen atoms in total. The molecule has 3 rings (SSSR count). The van der Waals surface area contributed by atoms with Crippen LogP contribution in [0.25, 0.3) is 0 Å². The molecule has 0 aromatic rings. The summed E-state index contributed by atoms with van der Waals surface area (Å²) < 4.78 is 0. The Morgan fingerprint density at radius 2 is 1.81 bits per heavy atom. The van der Waals surface area contributed by atoms with E-state index in [1.165, 1.54) is 32.5 Å². The van der Waals surface area contributed by atoms with Crippen molar-refractivity contribution in [2.75, 3.05) is 32.7 Å². The first-order chi connectivity index (χ1) is 10.1. The van der Waals surface area contributed by atoms with E-state index in [4.69, 9.17) is 0 Å². The summed E-state index contributed by atoms with van der Waals surface area (Å²) >= 11 is 0. The van der Waals surface area contributed by atoms with Gasteiger partial charge >= 0.3 is 0 Å². The van der Waals surface area contributed by atoms with Crippen LogP contribution in [-0.4, -0.2) is 48.4 Å². The van der Waals surface area contributed by atoms with Crippen molar-refractivity contribution in [2.24, 2.45) is 17.3 Å². The van der Waals surface area contributed by atoms with Crippen LogP contribution < -0.4 is 0 Å². The van der Waals surface area contributed by atoms with E-state index in [1.54, 1.807) is 0 Å². The lowest BCUT2D eigenvalue weighted by molar-refractivity contribution is -0.146. The lowest BCUT2D eigenvalue weighted by Crippen LogP contribution is -2.52. The van der Waals surface area contributed by atoms with Crippen LogP contribution in [0.5, 0.6) is 0 Å².